The lowest BCUT2D eigenvalue weighted by Crippen LogP contribution is -2.38. The van der Waals surface area contributed by atoms with E-state index in [2.05, 4.69) is 88.0 Å². The number of pyridine rings is 1. The second-order valence-corrected chi connectivity index (χ2v) is 8.11. The highest BCUT2D eigenvalue weighted by atomic mass is 15.2. The summed E-state index contributed by atoms with van der Waals surface area (Å²) in [6.07, 6.45) is 5.27. The van der Waals surface area contributed by atoms with Crippen LogP contribution in [0, 0.1) is 5.92 Å². The third-order valence-corrected chi connectivity index (χ3v) is 5.85. The molecule has 0 aliphatic carbocycles. The van der Waals surface area contributed by atoms with E-state index in [1.165, 1.54) is 23.2 Å². The Balaban J connectivity index is 1.33. The van der Waals surface area contributed by atoms with Gasteiger partial charge in [0.2, 0.25) is 0 Å². The summed E-state index contributed by atoms with van der Waals surface area (Å²) in [6, 6.07) is 28.4. The molecule has 2 unspecified atom stereocenters. The average molecular weight is 386 g/mol. The molecule has 0 bridgehead atoms. The lowest BCUT2D eigenvalue weighted by molar-refractivity contribution is 0.314. The molecule has 1 aliphatic rings. The van der Waals surface area contributed by atoms with E-state index in [1.807, 2.05) is 12.3 Å². The highest BCUT2D eigenvalue weighted by molar-refractivity contribution is 5.16. The summed E-state index contributed by atoms with van der Waals surface area (Å²) < 4.78 is 0. The second-order valence-electron chi connectivity index (χ2n) is 8.11. The highest BCUT2D eigenvalue weighted by Gasteiger charge is 2.32. The Morgan fingerprint density at radius 1 is 0.828 bits per heavy atom. The third-order valence-electron chi connectivity index (χ3n) is 5.85. The van der Waals surface area contributed by atoms with Crippen LogP contribution in [0.15, 0.2) is 85.1 Å². The Bertz CT molecular complexity index is 836. The fourth-order valence-corrected chi connectivity index (χ4v) is 4.38. The average Bonchev–Trinajstić information content (AvgIpc) is 3.14. The zero-order valence-electron chi connectivity index (χ0n) is 17.1. The van der Waals surface area contributed by atoms with E-state index in [0.29, 0.717) is 12.0 Å². The van der Waals surface area contributed by atoms with Crippen molar-refractivity contribution in [3.63, 3.8) is 0 Å². The van der Waals surface area contributed by atoms with Crippen LogP contribution in [-0.4, -0.2) is 35.6 Å². The van der Waals surface area contributed by atoms with Crippen LogP contribution in [0.4, 0.5) is 0 Å². The second kappa shape index (κ2) is 10.3. The Hall–Kier alpha value is -2.49. The molecule has 4 rings (SSSR count). The number of benzene rings is 2. The quantitative estimate of drug-likeness (QED) is 0.555. The van der Waals surface area contributed by atoms with Crippen LogP contribution < -0.4 is 5.32 Å². The summed E-state index contributed by atoms with van der Waals surface area (Å²) in [5.41, 5.74) is 4.03. The molecule has 3 heteroatoms. The molecule has 0 saturated carbocycles. The molecule has 1 fully saturated rings. The predicted octanol–water partition coefficient (Wildman–Crippen LogP) is 4.35. The maximum absolute atomic E-state index is 4.58. The lowest BCUT2D eigenvalue weighted by atomic mass is 9.97. The largest absolute Gasteiger partial charge is 0.312 e. The van der Waals surface area contributed by atoms with Gasteiger partial charge in [0, 0.05) is 37.6 Å². The molecule has 0 spiro atoms. The number of nitrogens with zero attached hydrogens (tertiary/aromatic N) is 2. The standard InChI is InChI=1S/C26H31N3/c1-3-10-22(11-4-1)14-9-17-28-26-21-29(19-23-12-5-2-6-13-23)20-24(26)18-25-15-7-8-16-27-25/h1-8,10-13,15-16,24,26,28H,9,14,17-21H2. The first-order chi connectivity index (χ1) is 14.4. The third kappa shape index (κ3) is 5.99. The van der Waals surface area contributed by atoms with E-state index >= 15 is 0 Å². The summed E-state index contributed by atoms with van der Waals surface area (Å²) >= 11 is 0. The van der Waals surface area contributed by atoms with Gasteiger partial charge in [-0.3, -0.25) is 9.88 Å². The molecule has 1 aromatic heterocycles. The molecule has 2 atom stereocenters. The van der Waals surface area contributed by atoms with Crippen molar-refractivity contribution in [2.75, 3.05) is 19.6 Å². The van der Waals surface area contributed by atoms with Gasteiger partial charge in [0.25, 0.3) is 0 Å². The molecule has 3 aromatic rings. The van der Waals surface area contributed by atoms with Crippen LogP contribution >= 0.6 is 0 Å². The number of hydrogen-bond donors (Lipinski definition) is 1. The highest BCUT2D eigenvalue weighted by Crippen LogP contribution is 2.23. The van der Waals surface area contributed by atoms with Crippen molar-refractivity contribution in [1.82, 2.24) is 15.2 Å². The molecule has 2 aromatic carbocycles. The van der Waals surface area contributed by atoms with Crippen LogP contribution in [0.25, 0.3) is 0 Å². The van der Waals surface area contributed by atoms with Gasteiger partial charge in [0.1, 0.15) is 0 Å². The van der Waals surface area contributed by atoms with Gasteiger partial charge < -0.3 is 5.32 Å². The number of hydrogen-bond acceptors (Lipinski definition) is 3. The molecular weight excluding hydrogens is 354 g/mol. The lowest BCUT2D eigenvalue weighted by Gasteiger charge is -2.19. The molecule has 3 nitrogen and oxygen atoms in total. The van der Waals surface area contributed by atoms with Crippen molar-refractivity contribution in [1.29, 1.82) is 0 Å². The minimum Gasteiger partial charge on any atom is -0.312 e. The normalized spacial score (nSPS) is 19.4. The molecule has 1 N–H and O–H groups in total. The van der Waals surface area contributed by atoms with Crippen molar-refractivity contribution in [3.05, 3.63) is 102 Å². The van der Waals surface area contributed by atoms with E-state index in [0.717, 1.165) is 39.0 Å². The molecule has 150 valence electrons. The first-order valence-electron chi connectivity index (χ1n) is 10.8. The van der Waals surface area contributed by atoms with Gasteiger partial charge in [-0.15, -0.1) is 0 Å². The summed E-state index contributed by atoms with van der Waals surface area (Å²) in [4.78, 5) is 7.17. The first kappa shape index (κ1) is 19.8. The van der Waals surface area contributed by atoms with E-state index in [9.17, 15) is 0 Å². The van der Waals surface area contributed by atoms with E-state index in [4.69, 9.17) is 0 Å². The number of rotatable bonds is 9. The Kier molecular flexibility index (Phi) is 7.06. The Morgan fingerprint density at radius 3 is 2.28 bits per heavy atom. The minimum atomic E-state index is 0.525. The van der Waals surface area contributed by atoms with Crippen LogP contribution in [0.3, 0.4) is 0 Å². The number of likely N-dealkylation sites (tertiary alicyclic amines) is 1. The SMILES string of the molecule is c1ccc(CCCNC2CN(Cc3ccccc3)CC2Cc2ccccn2)cc1. The maximum Gasteiger partial charge on any atom is 0.0407 e. The summed E-state index contributed by atoms with van der Waals surface area (Å²) in [6.45, 7) is 4.33. The molecule has 2 heterocycles. The van der Waals surface area contributed by atoms with Gasteiger partial charge in [-0.1, -0.05) is 66.7 Å². The summed E-state index contributed by atoms with van der Waals surface area (Å²) in [5.74, 6) is 0.602. The molecule has 29 heavy (non-hydrogen) atoms. The molecule has 0 amide bonds. The summed E-state index contributed by atoms with van der Waals surface area (Å²) in [7, 11) is 0. The topological polar surface area (TPSA) is 28.2 Å². The van der Waals surface area contributed by atoms with E-state index in [-0.39, 0.29) is 0 Å². The van der Waals surface area contributed by atoms with Crippen LogP contribution in [0.5, 0.6) is 0 Å². The number of aryl methyl sites for hydroxylation is 1. The Morgan fingerprint density at radius 2 is 1.55 bits per heavy atom. The van der Waals surface area contributed by atoms with Crippen molar-refractivity contribution in [2.24, 2.45) is 5.92 Å². The molecule has 1 aliphatic heterocycles. The fraction of sp³-hybridized carbons (Fsp3) is 0.346. The predicted molar refractivity (Wildman–Crippen MR) is 120 cm³/mol. The van der Waals surface area contributed by atoms with Gasteiger partial charge >= 0.3 is 0 Å². The molecule has 0 radical (unpaired) electrons. The Labute approximate surface area is 174 Å². The van der Waals surface area contributed by atoms with Crippen molar-refractivity contribution in [3.8, 4) is 0 Å². The number of aromatic nitrogens is 1. The molecule has 1 saturated heterocycles. The van der Waals surface area contributed by atoms with Gasteiger partial charge in [0.15, 0.2) is 0 Å². The van der Waals surface area contributed by atoms with Crippen molar-refractivity contribution in [2.45, 2.75) is 31.8 Å². The van der Waals surface area contributed by atoms with Gasteiger partial charge in [0.05, 0.1) is 0 Å². The maximum atomic E-state index is 4.58. The number of nitrogens with one attached hydrogen (secondary N) is 1. The van der Waals surface area contributed by atoms with Crippen molar-refractivity contribution < 1.29 is 0 Å². The fourth-order valence-electron chi connectivity index (χ4n) is 4.38. The molecular formula is C26H31N3. The van der Waals surface area contributed by atoms with Gasteiger partial charge in [-0.05, 0) is 55.0 Å². The van der Waals surface area contributed by atoms with Crippen LogP contribution in [0.2, 0.25) is 0 Å². The van der Waals surface area contributed by atoms with Crippen LogP contribution in [0.1, 0.15) is 23.2 Å². The smallest absolute Gasteiger partial charge is 0.0407 e. The van der Waals surface area contributed by atoms with Gasteiger partial charge in [-0.25, -0.2) is 0 Å². The first-order valence-corrected chi connectivity index (χ1v) is 10.8. The monoisotopic (exact) mass is 385 g/mol. The van der Waals surface area contributed by atoms with Gasteiger partial charge in [-0.2, -0.15) is 0 Å². The van der Waals surface area contributed by atoms with Crippen LogP contribution in [-0.2, 0) is 19.4 Å². The zero-order chi connectivity index (χ0) is 19.7. The van der Waals surface area contributed by atoms with E-state index < -0.39 is 0 Å². The zero-order valence-corrected chi connectivity index (χ0v) is 17.1. The van der Waals surface area contributed by atoms with Crippen molar-refractivity contribution >= 4 is 0 Å². The minimum absolute atomic E-state index is 0.525. The van der Waals surface area contributed by atoms with E-state index in [1.54, 1.807) is 0 Å². The summed E-state index contributed by atoms with van der Waals surface area (Å²) in [5, 5.41) is 3.87.